The van der Waals surface area contributed by atoms with Crippen LogP contribution in [0.1, 0.15) is 36.1 Å². The first-order chi connectivity index (χ1) is 8.61. The normalized spacial score (nSPS) is 12.7. The van der Waals surface area contributed by atoms with Crippen molar-refractivity contribution in [2.45, 2.75) is 32.9 Å². The molecule has 4 heteroatoms. The first kappa shape index (κ1) is 12.8. The lowest BCUT2D eigenvalue weighted by Gasteiger charge is -2.10. The van der Waals surface area contributed by atoms with Crippen molar-refractivity contribution in [2.24, 2.45) is 0 Å². The predicted octanol–water partition coefficient (Wildman–Crippen LogP) is 2.82. The Kier molecular flexibility index (Phi) is 3.77. The van der Waals surface area contributed by atoms with Crippen LogP contribution in [0.4, 0.5) is 4.39 Å². The summed E-state index contributed by atoms with van der Waals surface area (Å²) in [6, 6.07) is 4.73. The molecule has 0 aliphatic heterocycles. The van der Waals surface area contributed by atoms with Gasteiger partial charge in [-0.05, 0) is 19.4 Å². The molecular formula is C14H17FN2O. The van der Waals surface area contributed by atoms with Crippen LogP contribution in [-0.4, -0.2) is 14.9 Å². The summed E-state index contributed by atoms with van der Waals surface area (Å²) >= 11 is 0. The van der Waals surface area contributed by atoms with Crippen molar-refractivity contribution >= 4 is 0 Å². The topological polar surface area (TPSA) is 38.0 Å². The second-order valence-electron chi connectivity index (χ2n) is 4.46. The summed E-state index contributed by atoms with van der Waals surface area (Å²) in [6.07, 6.45) is 3.35. The van der Waals surface area contributed by atoms with Gasteiger partial charge in [-0.15, -0.1) is 0 Å². The molecule has 0 aliphatic carbocycles. The molecule has 96 valence electrons. The molecule has 3 nitrogen and oxygen atoms in total. The zero-order valence-corrected chi connectivity index (χ0v) is 10.6. The Hall–Kier alpha value is -1.68. The molecule has 1 N–H and O–H groups in total. The quantitative estimate of drug-likeness (QED) is 0.903. The number of aliphatic hydroxyl groups excluding tert-OH is 1. The lowest BCUT2D eigenvalue weighted by molar-refractivity contribution is 0.214. The van der Waals surface area contributed by atoms with Gasteiger partial charge in [-0.25, -0.2) is 4.39 Å². The summed E-state index contributed by atoms with van der Waals surface area (Å²) in [4.78, 5) is 0. The summed E-state index contributed by atoms with van der Waals surface area (Å²) in [5.41, 5.74) is 1.84. The van der Waals surface area contributed by atoms with Gasteiger partial charge < -0.3 is 5.11 Å². The fourth-order valence-electron chi connectivity index (χ4n) is 1.92. The molecule has 0 amide bonds. The van der Waals surface area contributed by atoms with E-state index < -0.39 is 11.9 Å². The van der Waals surface area contributed by atoms with E-state index in [1.165, 1.54) is 6.07 Å². The fourth-order valence-corrected chi connectivity index (χ4v) is 1.92. The van der Waals surface area contributed by atoms with Crippen molar-refractivity contribution in [1.82, 2.24) is 9.78 Å². The molecule has 1 heterocycles. The monoisotopic (exact) mass is 248 g/mol. The first-order valence-electron chi connectivity index (χ1n) is 6.08. The highest BCUT2D eigenvalue weighted by Gasteiger charge is 2.16. The van der Waals surface area contributed by atoms with Crippen LogP contribution in [0.3, 0.4) is 0 Å². The third kappa shape index (κ3) is 2.59. The molecular weight excluding hydrogens is 231 g/mol. The van der Waals surface area contributed by atoms with E-state index >= 15 is 0 Å². The molecule has 1 aromatic carbocycles. The number of benzene rings is 1. The van der Waals surface area contributed by atoms with Gasteiger partial charge in [0.25, 0.3) is 0 Å². The largest absolute Gasteiger partial charge is 0.383 e. The van der Waals surface area contributed by atoms with Gasteiger partial charge in [-0.1, -0.05) is 24.6 Å². The van der Waals surface area contributed by atoms with Crippen molar-refractivity contribution in [3.05, 3.63) is 53.1 Å². The first-order valence-corrected chi connectivity index (χ1v) is 6.08. The van der Waals surface area contributed by atoms with Crippen molar-refractivity contribution in [1.29, 1.82) is 0 Å². The van der Waals surface area contributed by atoms with E-state index in [0.717, 1.165) is 18.5 Å². The highest BCUT2D eigenvalue weighted by Crippen LogP contribution is 2.24. The van der Waals surface area contributed by atoms with Crippen LogP contribution in [0.2, 0.25) is 0 Å². The van der Waals surface area contributed by atoms with E-state index in [1.807, 2.05) is 6.92 Å². The molecule has 2 rings (SSSR count). The van der Waals surface area contributed by atoms with E-state index in [-0.39, 0.29) is 0 Å². The number of nitrogens with zero attached hydrogens (tertiary/aromatic N) is 2. The number of halogens is 1. The zero-order valence-electron chi connectivity index (χ0n) is 10.6. The SMILES string of the molecule is CCCn1cc(C(O)c2cc(C)ccc2F)cn1. The third-order valence-electron chi connectivity index (χ3n) is 2.87. The maximum absolute atomic E-state index is 13.7. The molecule has 0 saturated carbocycles. The summed E-state index contributed by atoms with van der Waals surface area (Å²) in [5.74, 6) is -0.392. The molecule has 0 saturated heterocycles. The molecule has 0 aliphatic rings. The second-order valence-corrected chi connectivity index (χ2v) is 4.46. The van der Waals surface area contributed by atoms with E-state index in [9.17, 15) is 9.50 Å². The molecule has 1 atom stereocenters. The highest BCUT2D eigenvalue weighted by atomic mass is 19.1. The van der Waals surface area contributed by atoms with Crippen LogP contribution in [0, 0.1) is 12.7 Å². The number of rotatable bonds is 4. The molecule has 0 fully saturated rings. The number of aromatic nitrogens is 2. The van der Waals surface area contributed by atoms with E-state index in [0.29, 0.717) is 11.1 Å². The van der Waals surface area contributed by atoms with Crippen LogP contribution in [0.25, 0.3) is 0 Å². The van der Waals surface area contributed by atoms with E-state index in [4.69, 9.17) is 0 Å². The Balaban J connectivity index is 2.29. The molecule has 0 radical (unpaired) electrons. The van der Waals surface area contributed by atoms with Crippen molar-refractivity contribution in [2.75, 3.05) is 0 Å². The van der Waals surface area contributed by atoms with Crippen LogP contribution >= 0.6 is 0 Å². The predicted molar refractivity (Wildman–Crippen MR) is 67.7 cm³/mol. The molecule has 2 aromatic rings. The maximum Gasteiger partial charge on any atom is 0.129 e. The van der Waals surface area contributed by atoms with Gasteiger partial charge in [0.15, 0.2) is 0 Å². The Labute approximate surface area is 106 Å². The zero-order chi connectivity index (χ0) is 13.1. The minimum absolute atomic E-state index is 0.297. The summed E-state index contributed by atoms with van der Waals surface area (Å²) in [7, 11) is 0. The van der Waals surface area contributed by atoms with Crippen LogP contribution in [0.15, 0.2) is 30.6 Å². The van der Waals surface area contributed by atoms with Crippen molar-refractivity contribution in [3.63, 3.8) is 0 Å². The number of hydrogen-bond acceptors (Lipinski definition) is 2. The molecule has 1 unspecified atom stereocenters. The smallest absolute Gasteiger partial charge is 0.129 e. The van der Waals surface area contributed by atoms with Gasteiger partial charge in [0.05, 0.1) is 6.20 Å². The van der Waals surface area contributed by atoms with Gasteiger partial charge in [-0.2, -0.15) is 5.10 Å². The summed E-state index contributed by atoms with van der Waals surface area (Å²) in [5, 5.41) is 14.3. The Morgan fingerprint density at radius 2 is 2.22 bits per heavy atom. The summed E-state index contributed by atoms with van der Waals surface area (Å²) < 4.78 is 15.4. The Morgan fingerprint density at radius 1 is 1.44 bits per heavy atom. The van der Waals surface area contributed by atoms with Crippen LogP contribution < -0.4 is 0 Å². The fraction of sp³-hybridized carbons (Fsp3) is 0.357. The second kappa shape index (κ2) is 5.31. The van der Waals surface area contributed by atoms with Gasteiger partial charge in [0.2, 0.25) is 0 Å². The van der Waals surface area contributed by atoms with Gasteiger partial charge in [-0.3, -0.25) is 4.68 Å². The van der Waals surface area contributed by atoms with Gasteiger partial charge in [0, 0.05) is 23.9 Å². The van der Waals surface area contributed by atoms with Crippen molar-refractivity contribution in [3.8, 4) is 0 Å². The highest BCUT2D eigenvalue weighted by molar-refractivity contribution is 5.31. The maximum atomic E-state index is 13.7. The molecule has 0 spiro atoms. The molecule has 1 aromatic heterocycles. The Bertz CT molecular complexity index is 536. The lowest BCUT2D eigenvalue weighted by Crippen LogP contribution is -2.02. The van der Waals surface area contributed by atoms with E-state index in [1.54, 1.807) is 29.2 Å². The van der Waals surface area contributed by atoms with Crippen LogP contribution in [0.5, 0.6) is 0 Å². The van der Waals surface area contributed by atoms with E-state index in [2.05, 4.69) is 12.0 Å². The summed E-state index contributed by atoms with van der Waals surface area (Å²) in [6.45, 7) is 4.72. The average Bonchev–Trinajstić information content (AvgIpc) is 2.80. The Morgan fingerprint density at radius 3 is 2.94 bits per heavy atom. The lowest BCUT2D eigenvalue weighted by atomic mass is 10.0. The standard InChI is InChI=1S/C14H17FN2O/c1-3-6-17-9-11(8-16-17)14(18)12-7-10(2)4-5-13(12)15/h4-5,7-9,14,18H,3,6H2,1-2H3. The number of aliphatic hydroxyl groups is 1. The van der Waals surface area contributed by atoms with Gasteiger partial charge in [0.1, 0.15) is 11.9 Å². The minimum Gasteiger partial charge on any atom is -0.383 e. The van der Waals surface area contributed by atoms with Gasteiger partial charge >= 0.3 is 0 Å². The third-order valence-corrected chi connectivity index (χ3v) is 2.87. The number of aryl methyl sites for hydroxylation is 2. The number of hydrogen-bond donors (Lipinski definition) is 1. The van der Waals surface area contributed by atoms with Crippen molar-refractivity contribution < 1.29 is 9.50 Å². The van der Waals surface area contributed by atoms with Crippen LogP contribution in [-0.2, 0) is 6.54 Å². The molecule has 0 bridgehead atoms. The average molecular weight is 248 g/mol. The minimum atomic E-state index is -0.962. The molecule has 18 heavy (non-hydrogen) atoms.